The zero-order valence-electron chi connectivity index (χ0n) is 16.0. The lowest BCUT2D eigenvalue weighted by molar-refractivity contribution is 0.159. The van der Waals surface area contributed by atoms with Crippen molar-refractivity contribution in [3.63, 3.8) is 0 Å². The van der Waals surface area contributed by atoms with Crippen molar-refractivity contribution in [3.8, 4) is 0 Å². The maximum Gasteiger partial charge on any atom is 0.254 e. The fraction of sp³-hybridized carbons (Fsp3) is 0.737. The van der Waals surface area contributed by atoms with E-state index in [0.717, 1.165) is 36.4 Å². The van der Waals surface area contributed by atoms with Gasteiger partial charge in [0.25, 0.3) is 5.78 Å². The van der Waals surface area contributed by atoms with Gasteiger partial charge in [-0.1, -0.05) is 6.92 Å². The fourth-order valence-corrected chi connectivity index (χ4v) is 4.32. The molecule has 7 nitrogen and oxygen atoms in total. The maximum atomic E-state index is 5.28. The van der Waals surface area contributed by atoms with Gasteiger partial charge < -0.3 is 14.5 Å². The second-order valence-electron chi connectivity index (χ2n) is 7.95. The molecular formula is C19H30N6O. The zero-order valence-corrected chi connectivity index (χ0v) is 16.0. The van der Waals surface area contributed by atoms with E-state index in [1.54, 1.807) is 13.4 Å². The molecule has 0 bridgehead atoms. The predicted molar refractivity (Wildman–Crippen MR) is 101 cm³/mol. The van der Waals surface area contributed by atoms with Crippen molar-refractivity contribution in [2.75, 3.05) is 44.7 Å². The third-order valence-corrected chi connectivity index (χ3v) is 5.81. The largest absolute Gasteiger partial charge is 0.378 e. The van der Waals surface area contributed by atoms with Gasteiger partial charge in [0, 0.05) is 32.8 Å². The minimum atomic E-state index is 0.500. The van der Waals surface area contributed by atoms with Crippen LogP contribution in [-0.2, 0) is 11.3 Å². The highest BCUT2D eigenvalue weighted by Crippen LogP contribution is 2.26. The van der Waals surface area contributed by atoms with E-state index < -0.39 is 0 Å². The molecule has 4 rings (SSSR count). The van der Waals surface area contributed by atoms with Crippen LogP contribution in [0.15, 0.2) is 12.4 Å². The first-order valence-electron chi connectivity index (χ1n) is 9.89. The van der Waals surface area contributed by atoms with Crippen LogP contribution in [-0.4, -0.2) is 64.3 Å². The van der Waals surface area contributed by atoms with Crippen molar-refractivity contribution in [3.05, 3.63) is 18.1 Å². The number of aromatic nitrogens is 4. The Morgan fingerprint density at radius 3 is 2.85 bits per heavy atom. The Labute approximate surface area is 155 Å². The first kappa shape index (κ1) is 17.7. The Kier molecular flexibility index (Phi) is 5.36. The molecule has 1 atom stereocenters. The van der Waals surface area contributed by atoms with Crippen LogP contribution >= 0.6 is 0 Å². The van der Waals surface area contributed by atoms with Gasteiger partial charge in [0.15, 0.2) is 0 Å². The Morgan fingerprint density at radius 2 is 2.04 bits per heavy atom. The molecule has 0 spiro atoms. The van der Waals surface area contributed by atoms with Gasteiger partial charge >= 0.3 is 0 Å². The van der Waals surface area contributed by atoms with E-state index in [0.29, 0.717) is 12.4 Å². The quantitative estimate of drug-likeness (QED) is 0.817. The van der Waals surface area contributed by atoms with Gasteiger partial charge in [-0.2, -0.15) is 14.6 Å². The number of methoxy groups -OCH3 is 1. The number of hydrogen-bond acceptors (Lipinski definition) is 6. The number of fused-ring (bicyclic) bond motifs is 1. The Bertz CT molecular complexity index is 724. The van der Waals surface area contributed by atoms with Gasteiger partial charge in [-0.05, 0) is 50.6 Å². The minimum absolute atomic E-state index is 0.500. The molecule has 26 heavy (non-hydrogen) atoms. The molecule has 2 aromatic heterocycles. The van der Waals surface area contributed by atoms with Gasteiger partial charge in [-0.3, -0.25) is 0 Å². The van der Waals surface area contributed by atoms with Crippen LogP contribution in [0.3, 0.4) is 0 Å². The molecule has 1 unspecified atom stereocenters. The number of piperidine rings is 2. The molecule has 2 aliphatic rings. The van der Waals surface area contributed by atoms with Crippen molar-refractivity contribution >= 4 is 11.6 Å². The summed E-state index contributed by atoms with van der Waals surface area (Å²) in [4.78, 5) is 13.9. The highest BCUT2D eigenvalue weighted by Gasteiger charge is 2.26. The van der Waals surface area contributed by atoms with Crippen molar-refractivity contribution in [1.82, 2.24) is 24.5 Å². The Balaban J connectivity index is 1.49. The molecule has 0 saturated carbocycles. The van der Waals surface area contributed by atoms with E-state index >= 15 is 0 Å². The van der Waals surface area contributed by atoms with Crippen LogP contribution in [0.2, 0.25) is 0 Å². The number of ether oxygens (including phenoxy) is 1. The maximum absolute atomic E-state index is 5.28. The van der Waals surface area contributed by atoms with E-state index in [1.165, 1.54) is 45.3 Å². The van der Waals surface area contributed by atoms with E-state index in [4.69, 9.17) is 4.74 Å². The molecule has 7 heteroatoms. The summed E-state index contributed by atoms with van der Waals surface area (Å²) in [5, 5.41) is 4.39. The third kappa shape index (κ3) is 3.83. The summed E-state index contributed by atoms with van der Waals surface area (Å²) < 4.78 is 7.15. The molecule has 0 amide bonds. The van der Waals surface area contributed by atoms with Crippen LogP contribution in [0, 0.1) is 11.8 Å². The van der Waals surface area contributed by atoms with Gasteiger partial charge in [-0.15, -0.1) is 0 Å². The van der Waals surface area contributed by atoms with Crippen LogP contribution in [0.4, 0.5) is 5.82 Å². The molecule has 0 N–H and O–H groups in total. The van der Waals surface area contributed by atoms with Crippen LogP contribution < -0.4 is 4.90 Å². The second kappa shape index (κ2) is 7.88. The summed E-state index contributed by atoms with van der Waals surface area (Å²) in [6.07, 6.45) is 6.83. The summed E-state index contributed by atoms with van der Waals surface area (Å²) in [5.41, 5.74) is 0.912. The SMILES string of the molecule is COCc1cc(N2CCCC(CN3CCC(C)CC3)C2)n2ncnc2n1. The van der Waals surface area contributed by atoms with Crippen molar-refractivity contribution in [1.29, 1.82) is 0 Å². The van der Waals surface area contributed by atoms with E-state index in [9.17, 15) is 0 Å². The lowest BCUT2D eigenvalue weighted by Crippen LogP contribution is -2.43. The van der Waals surface area contributed by atoms with Crippen molar-refractivity contribution < 1.29 is 4.74 Å². The summed E-state index contributed by atoms with van der Waals surface area (Å²) in [7, 11) is 1.70. The first-order valence-corrected chi connectivity index (χ1v) is 9.89. The molecule has 142 valence electrons. The molecule has 0 radical (unpaired) electrons. The molecule has 0 aromatic carbocycles. The number of anilines is 1. The highest BCUT2D eigenvalue weighted by molar-refractivity contribution is 5.47. The fourth-order valence-electron chi connectivity index (χ4n) is 4.32. The lowest BCUT2D eigenvalue weighted by atomic mass is 9.94. The first-order chi connectivity index (χ1) is 12.7. The molecule has 2 aromatic rings. The summed E-state index contributed by atoms with van der Waals surface area (Å²) >= 11 is 0. The molecular weight excluding hydrogens is 328 g/mol. The summed E-state index contributed by atoms with van der Waals surface area (Å²) in [6, 6.07) is 2.11. The normalized spacial score (nSPS) is 23.0. The van der Waals surface area contributed by atoms with Crippen molar-refractivity contribution in [2.45, 2.75) is 39.2 Å². The number of rotatable bonds is 5. The van der Waals surface area contributed by atoms with E-state index in [-0.39, 0.29) is 0 Å². The minimum Gasteiger partial charge on any atom is -0.378 e. The van der Waals surface area contributed by atoms with Gasteiger partial charge in [-0.25, -0.2) is 4.98 Å². The Morgan fingerprint density at radius 1 is 1.19 bits per heavy atom. The van der Waals surface area contributed by atoms with Crippen LogP contribution in [0.25, 0.3) is 5.78 Å². The zero-order chi connectivity index (χ0) is 17.9. The molecule has 2 fully saturated rings. The third-order valence-electron chi connectivity index (χ3n) is 5.81. The smallest absolute Gasteiger partial charge is 0.254 e. The molecule has 2 aliphatic heterocycles. The standard InChI is InChI=1S/C19H30N6O/c1-15-5-8-23(9-6-15)11-16-4-3-7-24(12-16)18-10-17(13-26-2)22-19-20-14-21-25(18)19/h10,14-16H,3-9,11-13H2,1-2H3. The average Bonchev–Trinajstić information content (AvgIpc) is 3.12. The predicted octanol–water partition coefficient (Wildman–Crippen LogP) is 2.22. The topological polar surface area (TPSA) is 58.8 Å². The Hall–Kier alpha value is -1.73. The van der Waals surface area contributed by atoms with Crippen LogP contribution in [0.5, 0.6) is 0 Å². The average molecular weight is 358 g/mol. The monoisotopic (exact) mass is 358 g/mol. The molecule has 4 heterocycles. The number of likely N-dealkylation sites (tertiary alicyclic amines) is 1. The number of nitrogens with zero attached hydrogens (tertiary/aromatic N) is 6. The van der Waals surface area contributed by atoms with E-state index in [1.807, 2.05) is 4.52 Å². The van der Waals surface area contributed by atoms with E-state index in [2.05, 4.69) is 37.9 Å². The second-order valence-corrected chi connectivity index (χ2v) is 7.95. The number of hydrogen-bond donors (Lipinski definition) is 0. The lowest BCUT2D eigenvalue weighted by Gasteiger charge is -2.38. The van der Waals surface area contributed by atoms with Gasteiger partial charge in [0.05, 0.1) is 12.3 Å². The molecule has 2 saturated heterocycles. The van der Waals surface area contributed by atoms with Gasteiger partial charge in [0.1, 0.15) is 12.1 Å². The highest BCUT2D eigenvalue weighted by atomic mass is 16.5. The summed E-state index contributed by atoms with van der Waals surface area (Å²) in [5.74, 6) is 3.36. The van der Waals surface area contributed by atoms with Crippen molar-refractivity contribution in [2.24, 2.45) is 11.8 Å². The van der Waals surface area contributed by atoms with Gasteiger partial charge in [0.2, 0.25) is 0 Å². The van der Waals surface area contributed by atoms with Crippen LogP contribution in [0.1, 0.15) is 38.3 Å². The molecule has 0 aliphatic carbocycles. The summed E-state index contributed by atoms with van der Waals surface area (Å²) in [6.45, 7) is 8.77.